The number of rotatable bonds is 4. The molecule has 0 unspecified atom stereocenters. The molecule has 2 aromatic carbocycles. The van der Waals surface area contributed by atoms with Crippen molar-refractivity contribution in [2.45, 2.75) is 0 Å². The van der Waals surface area contributed by atoms with Crippen molar-refractivity contribution >= 4 is 45.2 Å². The van der Waals surface area contributed by atoms with Crippen LogP contribution in [0.2, 0.25) is 5.02 Å². The Morgan fingerprint density at radius 3 is 2.90 bits per heavy atom. The zero-order chi connectivity index (χ0) is 20.4. The second-order valence-electron chi connectivity index (χ2n) is 5.97. The maximum absolute atomic E-state index is 13.3. The number of thiazole rings is 1. The lowest BCUT2D eigenvalue weighted by molar-refractivity contribution is 0.563. The number of nitrogens with zero attached hydrogens (tertiary/aromatic N) is 2. The van der Waals surface area contributed by atoms with Crippen molar-refractivity contribution in [3.8, 4) is 17.3 Å². The summed E-state index contributed by atoms with van der Waals surface area (Å²) in [5.74, 6) is -0.527. The lowest BCUT2D eigenvalue weighted by atomic mass is 10.1. The Labute approximate surface area is 173 Å². The summed E-state index contributed by atoms with van der Waals surface area (Å²) in [5.41, 5.74) is 1.53. The van der Waals surface area contributed by atoms with Crippen LogP contribution in [0.4, 0.5) is 10.1 Å². The Balaban J connectivity index is 1.65. The molecule has 4 aromatic rings. The molecule has 0 aliphatic carbocycles. The van der Waals surface area contributed by atoms with Gasteiger partial charge in [0, 0.05) is 22.7 Å². The summed E-state index contributed by atoms with van der Waals surface area (Å²) in [7, 11) is 0. The first-order valence-electron chi connectivity index (χ1n) is 8.36. The molecule has 0 atom stereocenters. The van der Waals surface area contributed by atoms with Gasteiger partial charge in [0.15, 0.2) is 0 Å². The quantitative estimate of drug-likeness (QED) is 0.337. The molecule has 0 amide bonds. The van der Waals surface area contributed by atoms with E-state index in [9.17, 15) is 14.4 Å². The summed E-state index contributed by atoms with van der Waals surface area (Å²) in [4.78, 5) is 16.7. The van der Waals surface area contributed by atoms with E-state index in [4.69, 9.17) is 16.0 Å². The zero-order valence-electron chi connectivity index (χ0n) is 14.6. The number of allylic oxidation sites excluding steroid dienone is 1. The lowest BCUT2D eigenvalue weighted by Crippen LogP contribution is -2.02. The van der Waals surface area contributed by atoms with E-state index in [1.807, 2.05) is 12.1 Å². The summed E-state index contributed by atoms with van der Waals surface area (Å²) < 4.78 is 18.6. The monoisotopic (exact) mass is 423 g/mol. The molecular formula is C21H11ClFN3O2S. The standard InChI is InChI=1S/C21H11ClFN3O2S/c22-16-8-14(5-6-17(16)23)25-10-13(9-24)20-26-18(11-29-20)15-7-12-3-1-2-4-19(12)28-21(15)27/h1-8,10-11,25H/b13-10+. The van der Waals surface area contributed by atoms with Crippen LogP contribution < -0.4 is 10.9 Å². The normalized spacial score (nSPS) is 11.4. The van der Waals surface area contributed by atoms with Crippen LogP contribution >= 0.6 is 22.9 Å². The summed E-state index contributed by atoms with van der Waals surface area (Å²) in [5, 5.41) is 15.2. The number of nitrogens with one attached hydrogen (secondary N) is 1. The molecule has 142 valence electrons. The number of para-hydroxylation sites is 1. The molecule has 0 radical (unpaired) electrons. The highest BCUT2D eigenvalue weighted by Crippen LogP contribution is 2.27. The third-order valence-electron chi connectivity index (χ3n) is 4.08. The van der Waals surface area contributed by atoms with E-state index in [0.29, 0.717) is 27.5 Å². The molecule has 2 aromatic heterocycles. The summed E-state index contributed by atoms with van der Waals surface area (Å²) in [6.45, 7) is 0. The molecule has 0 aliphatic heterocycles. The molecule has 8 heteroatoms. The van der Waals surface area contributed by atoms with E-state index in [2.05, 4.69) is 16.4 Å². The molecule has 2 heterocycles. The van der Waals surface area contributed by atoms with Gasteiger partial charge in [0.2, 0.25) is 0 Å². The van der Waals surface area contributed by atoms with Crippen molar-refractivity contribution in [2.75, 3.05) is 5.32 Å². The second-order valence-corrected chi connectivity index (χ2v) is 7.23. The van der Waals surface area contributed by atoms with Crippen molar-refractivity contribution < 1.29 is 8.81 Å². The van der Waals surface area contributed by atoms with Crippen LogP contribution in [0.1, 0.15) is 5.01 Å². The highest BCUT2D eigenvalue weighted by Gasteiger charge is 2.13. The number of halogens is 2. The van der Waals surface area contributed by atoms with Gasteiger partial charge in [0.05, 0.1) is 16.3 Å². The van der Waals surface area contributed by atoms with Gasteiger partial charge in [-0.2, -0.15) is 5.26 Å². The highest BCUT2D eigenvalue weighted by atomic mass is 35.5. The number of hydrogen-bond donors (Lipinski definition) is 1. The zero-order valence-corrected chi connectivity index (χ0v) is 16.2. The van der Waals surface area contributed by atoms with Crippen molar-refractivity contribution in [1.29, 1.82) is 5.26 Å². The maximum atomic E-state index is 13.3. The Bertz CT molecular complexity index is 1350. The molecule has 29 heavy (non-hydrogen) atoms. The van der Waals surface area contributed by atoms with Gasteiger partial charge >= 0.3 is 5.63 Å². The third-order valence-corrected chi connectivity index (χ3v) is 5.24. The molecule has 5 nitrogen and oxygen atoms in total. The molecule has 1 N–H and O–H groups in total. The predicted molar refractivity (Wildman–Crippen MR) is 112 cm³/mol. The Kier molecular flexibility index (Phi) is 5.12. The van der Waals surface area contributed by atoms with Gasteiger partial charge in [-0.25, -0.2) is 14.2 Å². The van der Waals surface area contributed by atoms with Crippen molar-refractivity contribution in [2.24, 2.45) is 0 Å². The van der Waals surface area contributed by atoms with Gasteiger partial charge in [-0.3, -0.25) is 0 Å². The number of aromatic nitrogens is 1. The van der Waals surface area contributed by atoms with Crippen molar-refractivity contribution in [3.05, 3.63) is 86.4 Å². The van der Waals surface area contributed by atoms with E-state index in [1.165, 1.54) is 35.7 Å². The van der Waals surface area contributed by atoms with E-state index < -0.39 is 11.4 Å². The Morgan fingerprint density at radius 2 is 2.10 bits per heavy atom. The number of anilines is 1. The molecule has 0 spiro atoms. The fraction of sp³-hybridized carbons (Fsp3) is 0. The fourth-order valence-electron chi connectivity index (χ4n) is 2.64. The van der Waals surface area contributed by atoms with E-state index in [-0.39, 0.29) is 10.6 Å². The Hall–Kier alpha value is -3.47. The average molecular weight is 424 g/mol. The van der Waals surface area contributed by atoms with Gasteiger partial charge < -0.3 is 9.73 Å². The fourth-order valence-corrected chi connectivity index (χ4v) is 3.61. The van der Waals surface area contributed by atoms with Crippen LogP contribution in [0.5, 0.6) is 0 Å². The summed E-state index contributed by atoms with van der Waals surface area (Å²) in [6.07, 6.45) is 1.45. The van der Waals surface area contributed by atoms with E-state index >= 15 is 0 Å². The predicted octanol–water partition coefficient (Wildman–Crippen LogP) is 5.69. The minimum Gasteiger partial charge on any atom is -0.422 e. The average Bonchev–Trinajstić information content (AvgIpc) is 3.20. The van der Waals surface area contributed by atoms with Crippen LogP contribution in [-0.4, -0.2) is 4.98 Å². The van der Waals surface area contributed by atoms with Crippen LogP contribution in [0, 0.1) is 17.1 Å². The van der Waals surface area contributed by atoms with Crippen LogP contribution in [0.3, 0.4) is 0 Å². The number of fused-ring (bicyclic) bond motifs is 1. The van der Waals surface area contributed by atoms with Gasteiger partial charge in [-0.15, -0.1) is 11.3 Å². The summed E-state index contributed by atoms with van der Waals surface area (Å²) >= 11 is 6.98. The first-order chi connectivity index (χ1) is 14.0. The first-order valence-corrected chi connectivity index (χ1v) is 9.62. The van der Waals surface area contributed by atoms with Crippen molar-refractivity contribution in [1.82, 2.24) is 4.98 Å². The van der Waals surface area contributed by atoms with Gasteiger partial charge in [0.1, 0.15) is 28.1 Å². The number of nitriles is 1. The largest absolute Gasteiger partial charge is 0.422 e. The Morgan fingerprint density at radius 1 is 1.28 bits per heavy atom. The molecule has 0 saturated carbocycles. The molecular weight excluding hydrogens is 413 g/mol. The maximum Gasteiger partial charge on any atom is 0.345 e. The van der Waals surface area contributed by atoms with Crippen LogP contribution in [0.15, 0.2) is 69.3 Å². The van der Waals surface area contributed by atoms with Gasteiger partial charge in [-0.05, 0) is 30.3 Å². The summed E-state index contributed by atoms with van der Waals surface area (Å²) in [6, 6.07) is 15.1. The molecule has 0 saturated heterocycles. The van der Waals surface area contributed by atoms with Crippen LogP contribution in [0.25, 0.3) is 27.8 Å². The minimum absolute atomic E-state index is 0.0264. The molecule has 4 rings (SSSR count). The number of benzene rings is 2. The third kappa shape index (κ3) is 3.90. The molecule has 0 fully saturated rings. The molecule has 0 bridgehead atoms. The van der Waals surface area contributed by atoms with Gasteiger partial charge in [-0.1, -0.05) is 29.8 Å². The first kappa shape index (κ1) is 18.9. The SMILES string of the molecule is N#C/C(=C\Nc1ccc(F)c(Cl)c1)c1nc(-c2cc3ccccc3oc2=O)cs1. The van der Waals surface area contributed by atoms with E-state index in [0.717, 1.165) is 5.39 Å². The smallest absolute Gasteiger partial charge is 0.345 e. The topological polar surface area (TPSA) is 78.9 Å². The lowest BCUT2D eigenvalue weighted by Gasteiger charge is -2.02. The minimum atomic E-state index is -0.527. The van der Waals surface area contributed by atoms with E-state index in [1.54, 1.807) is 23.6 Å². The van der Waals surface area contributed by atoms with Crippen LogP contribution in [-0.2, 0) is 0 Å². The van der Waals surface area contributed by atoms with Crippen molar-refractivity contribution in [3.63, 3.8) is 0 Å². The van der Waals surface area contributed by atoms with Gasteiger partial charge in [0.25, 0.3) is 0 Å². The highest BCUT2D eigenvalue weighted by molar-refractivity contribution is 7.11. The number of hydrogen-bond acceptors (Lipinski definition) is 6. The molecule has 0 aliphatic rings. The second kappa shape index (κ2) is 7.87.